The molecule has 1 saturated carbocycles. The van der Waals surface area contributed by atoms with Gasteiger partial charge in [0, 0.05) is 27.3 Å². The van der Waals surface area contributed by atoms with Crippen LogP contribution in [0.5, 0.6) is 0 Å². The van der Waals surface area contributed by atoms with Gasteiger partial charge in [-0.1, -0.05) is 25.7 Å². The van der Waals surface area contributed by atoms with E-state index < -0.39 is 27.4 Å². The lowest BCUT2D eigenvalue weighted by molar-refractivity contribution is -0.145. The van der Waals surface area contributed by atoms with E-state index in [9.17, 15) is 23.1 Å². The number of aliphatic carboxylic acids is 1. The summed E-state index contributed by atoms with van der Waals surface area (Å²) in [5, 5.41) is 12.3. The molecule has 0 aliphatic heterocycles. The molecule has 140 valence electrons. The normalized spacial score (nSPS) is 17.9. The fourth-order valence-electron chi connectivity index (χ4n) is 3.12. The second-order valence-corrected chi connectivity index (χ2v) is 8.87. The van der Waals surface area contributed by atoms with Crippen LogP contribution in [0.2, 0.25) is 0 Å². The monoisotopic (exact) mass is 371 g/mol. The summed E-state index contributed by atoms with van der Waals surface area (Å²) in [6.45, 7) is 0. The zero-order valence-electron chi connectivity index (χ0n) is 14.8. The van der Waals surface area contributed by atoms with Crippen LogP contribution in [-0.2, 0) is 21.9 Å². The van der Waals surface area contributed by atoms with Crippen LogP contribution in [0.15, 0.2) is 17.2 Å². The molecule has 9 heteroatoms. The maximum atomic E-state index is 12.7. The van der Waals surface area contributed by atoms with Crippen LogP contribution in [-0.4, -0.2) is 53.9 Å². The van der Waals surface area contributed by atoms with Gasteiger partial charge in [-0.15, -0.1) is 0 Å². The van der Waals surface area contributed by atoms with Gasteiger partial charge in [-0.25, -0.2) is 17.5 Å². The van der Waals surface area contributed by atoms with E-state index >= 15 is 0 Å². The highest BCUT2D eigenvalue weighted by Crippen LogP contribution is 2.28. The highest BCUT2D eigenvalue weighted by molar-refractivity contribution is 7.89. The van der Waals surface area contributed by atoms with E-state index in [1.54, 1.807) is 7.05 Å². The molecule has 8 nitrogen and oxygen atoms in total. The van der Waals surface area contributed by atoms with Gasteiger partial charge in [0.05, 0.1) is 0 Å². The van der Waals surface area contributed by atoms with E-state index in [2.05, 4.69) is 5.32 Å². The second-order valence-electron chi connectivity index (χ2n) is 6.71. The predicted octanol–water partition coefficient (Wildman–Crippen LogP) is 1.18. The number of rotatable bonds is 5. The minimum Gasteiger partial charge on any atom is -0.480 e. The molecule has 0 unspecified atom stereocenters. The molecule has 1 aromatic heterocycles. The van der Waals surface area contributed by atoms with Crippen molar-refractivity contribution in [3.05, 3.63) is 18.0 Å². The van der Waals surface area contributed by atoms with E-state index in [1.807, 2.05) is 0 Å². The number of hydrogen-bond acceptors (Lipinski definition) is 4. The first kappa shape index (κ1) is 19.5. The number of carboxylic acid groups (broad SMARTS) is 1. The van der Waals surface area contributed by atoms with Crippen molar-refractivity contribution in [2.45, 2.75) is 49.0 Å². The third-order valence-electron chi connectivity index (χ3n) is 4.71. The third kappa shape index (κ3) is 3.87. The number of aromatic nitrogens is 1. The third-order valence-corrected chi connectivity index (χ3v) is 6.49. The molecule has 1 aromatic rings. The summed E-state index contributed by atoms with van der Waals surface area (Å²) < 4.78 is 26.9. The summed E-state index contributed by atoms with van der Waals surface area (Å²) >= 11 is 0. The molecule has 25 heavy (non-hydrogen) atoms. The zero-order valence-corrected chi connectivity index (χ0v) is 15.6. The molecule has 1 heterocycles. The summed E-state index contributed by atoms with van der Waals surface area (Å²) in [7, 11) is 0.713. The number of nitrogens with zero attached hydrogens (tertiary/aromatic N) is 2. The molecule has 1 aliphatic rings. The molecule has 0 bridgehead atoms. The average Bonchev–Trinajstić information content (AvgIpc) is 2.77. The lowest BCUT2D eigenvalue weighted by Crippen LogP contribution is -2.54. The Morgan fingerprint density at radius 1 is 1.20 bits per heavy atom. The van der Waals surface area contributed by atoms with Crippen LogP contribution >= 0.6 is 0 Å². The van der Waals surface area contributed by atoms with Gasteiger partial charge in [0.15, 0.2) is 0 Å². The molecule has 1 aliphatic carbocycles. The van der Waals surface area contributed by atoms with Gasteiger partial charge >= 0.3 is 5.97 Å². The number of carbonyl (C=O) groups excluding carboxylic acids is 1. The average molecular weight is 371 g/mol. The van der Waals surface area contributed by atoms with E-state index in [-0.39, 0.29) is 10.6 Å². The number of amides is 1. The van der Waals surface area contributed by atoms with Gasteiger partial charge in [-0.2, -0.15) is 0 Å². The Morgan fingerprint density at radius 2 is 1.76 bits per heavy atom. The summed E-state index contributed by atoms with van der Waals surface area (Å²) in [4.78, 5) is 24.5. The van der Waals surface area contributed by atoms with Crippen molar-refractivity contribution >= 4 is 21.9 Å². The van der Waals surface area contributed by atoms with Crippen LogP contribution in [0.1, 0.15) is 49.0 Å². The first-order valence-electron chi connectivity index (χ1n) is 8.25. The first-order valence-corrected chi connectivity index (χ1v) is 9.69. The Hall–Kier alpha value is -1.87. The molecular weight excluding hydrogens is 346 g/mol. The Morgan fingerprint density at radius 3 is 2.24 bits per heavy atom. The van der Waals surface area contributed by atoms with E-state index in [1.165, 1.54) is 30.9 Å². The van der Waals surface area contributed by atoms with Gasteiger partial charge in [0.25, 0.3) is 5.91 Å². The molecular formula is C16H25N3O5S. The van der Waals surface area contributed by atoms with Gasteiger partial charge in [-0.3, -0.25) is 4.79 Å². The highest BCUT2D eigenvalue weighted by atomic mass is 32.2. The number of sulfonamides is 1. The first-order chi connectivity index (χ1) is 11.6. The number of nitrogens with one attached hydrogen (secondary N) is 1. The molecule has 0 saturated heterocycles. The van der Waals surface area contributed by atoms with Crippen molar-refractivity contribution in [2.75, 3.05) is 14.1 Å². The Balaban J connectivity index is 2.31. The Kier molecular flexibility index (Phi) is 5.58. The molecule has 0 radical (unpaired) electrons. The Bertz CT molecular complexity index is 759. The Labute approximate surface area is 147 Å². The molecule has 0 atom stereocenters. The highest BCUT2D eigenvalue weighted by Gasteiger charge is 2.40. The van der Waals surface area contributed by atoms with Gasteiger partial charge < -0.3 is 15.0 Å². The largest absolute Gasteiger partial charge is 0.480 e. The predicted molar refractivity (Wildman–Crippen MR) is 91.8 cm³/mol. The molecule has 0 aromatic carbocycles. The van der Waals surface area contributed by atoms with E-state index in [0.29, 0.717) is 12.8 Å². The van der Waals surface area contributed by atoms with Crippen LogP contribution in [0.4, 0.5) is 0 Å². The van der Waals surface area contributed by atoms with Gasteiger partial charge in [0.1, 0.15) is 16.1 Å². The van der Waals surface area contributed by atoms with Crippen LogP contribution in [0, 0.1) is 0 Å². The molecule has 0 spiro atoms. The van der Waals surface area contributed by atoms with Crippen LogP contribution < -0.4 is 5.32 Å². The summed E-state index contributed by atoms with van der Waals surface area (Å²) in [6, 6.07) is 1.27. The van der Waals surface area contributed by atoms with Crippen molar-refractivity contribution < 1.29 is 23.1 Å². The maximum Gasteiger partial charge on any atom is 0.329 e. The molecule has 1 amide bonds. The molecule has 1 fully saturated rings. The van der Waals surface area contributed by atoms with E-state index in [4.69, 9.17) is 0 Å². The number of hydrogen-bond donors (Lipinski definition) is 2. The summed E-state index contributed by atoms with van der Waals surface area (Å²) in [6.07, 6.45) is 5.47. The fraction of sp³-hybridized carbons (Fsp3) is 0.625. The minimum absolute atomic E-state index is 0.00427. The SMILES string of the molecule is CN(C)S(=O)(=O)c1cc(C(=O)NC2(C(=O)O)CCCCCC2)n(C)c1. The molecule has 2 rings (SSSR count). The smallest absolute Gasteiger partial charge is 0.329 e. The summed E-state index contributed by atoms with van der Waals surface area (Å²) in [5.74, 6) is -1.62. The lowest BCUT2D eigenvalue weighted by atomic mass is 9.90. The quantitative estimate of drug-likeness (QED) is 0.756. The number of carboxylic acids is 1. The zero-order chi connectivity index (χ0) is 18.8. The minimum atomic E-state index is -3.67. The standard InChI is InChI=1S/C16H25N3O5S/c1-18(2)25(23,24)12-10-13(19(3)11-12)14(20)17-16(15(21)22)8-6-4-5-7-9-16/h10-11H,4-9H2,1-3H3,(H,17,20)(H,21,22). The van der Waals surface area contributed by atoms with Crippen molar-refractivity contribution in [1.82, 2.24) is 14.2 Å². The van der Waals surface area contributed by atoms with Crippen molar-refractivity contribution in [2.24, 2.45) is 7.05 Å². The van der Waals surface area contributed by atoms with Gasteiger partial charge in [0.2, 0.25) is 10.0 Å². The number of aryl methyl sites for hydroxylation is 1. The fourth-order valence-corrected chi connectivity index (χ4v) is 4.09. The van der Waals surface area contributed by atoms with E-state index in [0.717, 1.165) is 30.0 Å². The topological polar surface area (TPSA) is 109 Å². The lowest BCUT2D eigenvalue weighted by Gasteiger charge is -2.29. The van der Waals surface area contributed by atoms with Crippen LogP contribution in [0.25, 0.3) is 0 Å². The maximum absolute atomic E-state index is 12.7. The molecule has 2 N–H and O–H groups in total. The summed E-state index contributed by atoms with van der Waals surface area (Å²) in [5.41, 5.74) is -1.18. The second kappa shape index (κ2) is 7.17. The van der Waals surface area contributed by atoms with Crippen molar-refractivity contribution in [3.63, 3.8) is 0 Å². The van der Waals surface area contributed by atoms with Gasteiger partial charge in [-0.05, 0) is 18.9 Å². The van der Waals surface area contributed by atoms with Crippen molar-refractivity contribution in [1.29, 1.82) is 0 Å². The van der Waals surface area contributed by atoms with Crippen LogP contribution in [0.3, 0.4) is 0 Å². The number of carbonyl (C=O) groups is 2. The van der Waals surface area contributed by atoms with Crippen molar-refractivity contribution in [3.8, 4) is 0 Å².